The lowest BCUT2D eigenvalue weighted by atomic mass is 10.1. The topological polar surface area (TPSA) is 45.5 Å². The lowest BCUT2D eigenvalue weighted by Crippen LogP contribution is -2.22. The molecule has 4 nitrogen and oxygen atoms in total. The third kappa shape index (κ3) is 4.47. The van der Waals surface area contributed by atoms with Crippen LogP contribution in [0.3, 0.4) is 0 Å². The van der Waals surface area contributed by atoms with Gasteiger partial charge < -0.3 is 9.73 Å². The molecule has 1 N–H and O–H groups in total. The maximum atomic E-state index is 12.7. The molecule has 3 rings (SSSR count). The highest BCUT2D eigenvalue weighted by Crippen LogP contribution is 2.23. The summed E-state index contributed by atoms with van der Waals surface area (Å²) < 4.78 is 5.50. The first-order valence-electron chi connectivity index (χ1n) is 9.16. The van der Waals surface area contributed by atoms with Crippen molar-refractivity contribution in [1.29, 1.82) is 0 Å². The van der Waals surface area contributed by atoms with E-state index in [4.69, 9.17) is 4.42 Å². The zero-order chi connectivity index (χ0) is 19.4. The van der Waals surface area contributed by atoms with Crippen molar-refractivity contribution in [2.75, 3.05) is 12.4 Å². The maximum Gasteiger partial charge on any atom is 0.255 e. The van der Waals surface area contributed by atoms with Crippen molar-refractivity contribution in [2.45, 2.75) is 33.4 Å². The Hall–Kier alpha value is -2.85. The van der Waals surface area contributed by atoms with Crippen LogP contribution in [0, 0.1) is 13.8 Å². The van der Waals surface area contributed by atoms with E-state index in [9.17, 15) is 4.79 Å². The van der Waals surface area contributed by atoms with Crippen molar-refractivity contribution in [3.63, 3.8) is 0 Å². The molecule has 1 amide bonds. The summed E-state index contributed by atoms with van der Waals surface area (Å²) in [7, 11) is 2.05. The number of benzene rings is 2. The van der Waals surface area contributed by atoms with E-state index in [1.165, 1.54) is 0 Å². The summed E-state index contributed by atoms with van der Waals surface area (Å²) in [4.78, 5) is 14.9. The van der Waals surface area contributed by atoms with Gasteiger partial charge in [0.05, 0.1) is 12.3 Å². The second-order valence-corrected chi connectivity index (χ2v) is 7.03. The Morgan fingerprint density at radius 1 is 1.07 bits per heavy atom. The van der Waals surface area contributed by atoms with E-state index in [1.807, 2.05) is 68.4 Å². The van der Waals surface area contributed by atoms with Gasteiger partial charge in [0.25, 0.3) is 5.91 Å². The van der Waals surface area contributed by atoms with Gasteiger partial charge in [-0.25, -0.2) is 0 Å². The first kappa shape index (κ1) is 18.9. The number of amides is 1. The highest BCUT2D eigenvalue weighted by atomic mass is 16.3. The largest absolute Gasteiger partial charge is 0.468 e. The molecule has 0 aliphatic heterocycles. The van der Waals surface area contributed by atoms with Gasteiger partial charge >= 0.3 is 0 Å². The predicted octanol–water partition coefficient (Wildman–Crippen LogP) is 5.34. The van der Waals surface area contributed by atoms with Crippen molar-refractivity contribution in [3.8, 4) is 0 Å². The number of nitrogens with one attached hydrogen (secondary N) is 1. The van der Waals surface area contributed by atoms with Crippen LogP contribution in [0.15, 0.2) is 65.3 Å². The minimum atomic E-state index is -0.0870. The van der Waals surface area contributed by atoms with E-state index in [0.717, 1.165) is 34.7 Å². The Kier molecular flexibility index (Phi) is 5.77. The molecule has 0 spiro atoms. The predicted molar refractivity (Wildman–Crippen MR) is 109 cm³/mol. The van der Waals surface area contributed by atoms with Gasteiger partial charge in [0.15, 0.2) is 0 Å². The molecule has 0 saturated heterocycles. The zero-order valence-electron chi connectivity index (χ0n) is 16.3. The van der Waals surface area contributed by atoms with Crippen molar-refractivity contribution in [1.82, 2.24) is 4.90 Å². The Bertz CT molecular complexity index is 896. The summed E-state index contributed by atoms with van der Waals surface area (Å²) in [6.45, 7) is 6.84. The molecule has 0 saturated carbocycles. The molecule has 140 valence electrons. The van der Waals surface area contributed by atoms with Gasteiger partial charge in [0, 0.05) is 17.8 Å². The van der Waals surface area contributed by atoms with Crippen LogP contribution in [0.2, 0.25) is 0 Å². The monoisotopic (exact) mass is 362 g/mol. The van der Waals surface area contributed by atoms with Crippen molar-refractivity contribution >= 4 is 11.6 Å². The third-order valence-corrected chi connectivity index (χ3v) is 4.96. The van der Waals surface area contributed by atoms with Crippen molar-refractivity contribution < 1.29 is 9.21 Å². The highest BCUT2D eigenvalue weighted by molar-refractivity contribution is 6.05. The smallest absolute Gasteiger partial charge is 0.255 e. The first-order valence-corrected chi connectivity index (χ1v) is 9.16. The fraction of sp³-hybridized carbons (Fsp3) is 0.261. The van der Waals surface area contributed by atoms with E-state index in [1.54, 1.807) is 6.26 Å². The van der Waals surface area contributed by atoms with Crippen LogP contribution in [0.4, 0.5) is 5.69 Å². The molecule has 1 aromatic heterocycles. The molecular weight excluding hydrogens is 336 g/mol. The molecule has 0 fully saturated rings. The van der Waals surface area contributed by atoms with E-state index in [-0.39, 0.29) is 11.9 Å². The highest BCUT2D eigenvalue weighted by Gasteiger charge is 2.15. The van der Waals surface area contributed by atoms with E-state index in [2.05, 4.69) is 24.2 Å². The van der Waals surface area contributed by atoms with Gasteiger partial charge in [-0.3, -0.25) is 9.69 Å². The third-order valence-electron chi connectivity index (χ3n) is 4.96. The minimum Gasteiger partial charge on any atom is -0.468 e. The first-order chi connectivity index (χ1) is 13.0. The fourth-order valence-corrected chi connectivity index (χ4v) is 3.18. The fourth-order valence-electron chi connectivity index (χ4n) is 3.18. The van der Waals surface area contributed by atoms with E-state index < -0.39 is 0 Å². The number of anilines is 1. The standard InChI is InChI=1S/C23H26N2O2/c1-16-8-5-9-17(2)22(16)24-23(26)20-11-6-10-19(14-20)15-25(4)18(3)21-12-7-13-27-21/h5-14,18H,15H2,1-4H3,(H,24,26)/t18-/m1/s1. The number of hydrogen-bond donors (Lipinski definition) is 1. The number of aryl methyl sites for hydroxylation is 2. The van der Waals surface area contributed by atoms with Gasteiger partial charge in [0.1, 0.15) is 5.76 Å². The average molecular weight is 362 g/mol. The van der Waals surface area contributed by atoms with Crippen LogP contribution in [-0.2, 0) is 6.54 Å². The van der Waals surface area contributed by atoms with Crippen LogP contribution in [0.1, 0.15) is 45.8 Å². The van der Waals surface area contributed by atoms with Crippen LogP contribution in [0.5, 0.6) is 0 Å². The summed E-state index contributed by atoms with van der Waals surface area (Å²) in [5.74, 6) is 0.845. The number of carbonyl (C=O) groups excluding carboxylic acids is 1. The summed E-state index contributed by atoms with van der Waals surface area (Å²) >= 11 is 0. The quantitative estimate of drug-likeness (QED) is 0.643. The van der Waals surface area contributed by atoms with Crippen molar-refractivity contribution in [3.05, 3.63) is 88.9 Å². The van der Waals surface area contributed by atoms with Crippen molar-refractivity contribution in [2.24, 2.45) is 0 Å². The number of para-hydroxylation sites is 1. The minimum absolute atomic E-state index is 0.0870. The number of nitrogens with zero attached hydrogens (tertiary/aromatic N) is 1. The molecule has 0 radical (unpaired) electrons. The molecular formula is C23H26N2O2. The lowest BCUT2D eigenvalue weighted by Gasteiger charge is -2.23. The number of hydrogen-bond acceptors (Lipinski definition) is 3. The van der Waals surface area contributed by atoms with E-state index >= 15 is 0 Å². The molecule has 1 atom stereocenters. The maximum absolute atomic E-state index is 12.7. The molecule has 0 aliphatic carbocycles. The van der Waals surface area contributed by atoms with E-state index in [0.29, 0.717) is 5.56 Å². The lowest BCUT2D eigenvalue weighted by molar-refractivity contribution is 0.102. The van der Waals surface area contributed by atoms with Gasteiger partial charge in [0.2, 0.25) is 0 Å². The Balaban J connectivity index is 1.72. The van der Waals surface area contributed by atoms with Gasteiger partial charge in [-0.1, -0.05) is 30.3 Å². The second-order valence-electron chi connectivity index (χ2n) is 7.03. The summed E-state index contributed by atoms with van der Waals surface area (Å²) in [5, 5.41) is 3.05. The van der Waals surface area contributed by atoms with Gasteiger partial charge in [-0.15, -0.1) is 0 Å². The van der Waals surface area contributed by atoms with Crippen LogP contribution in [-0.4, -0.2) is 17.9 Å². The molecule has 0 unspecified atom stereocenters. The second kappa shape index (κ2) is 8.23. The van der Waals surface area contributed by atoms with Crippen LogP contribution < -0.4 is 5.32 Å². The normalized spacial score (nSPS) is 12.2. The molecule has 2 aromatic carbocycles. The Morgan fingerprint density at radius 2 is 1.78 bits per heavy atom. The molecule has 0 bridgehead atoms. The molecule has 4 heteroatoms. The molecule has 3 aromatic rings. The van der Waals surface area contributed by atoms with Crippen LogP contribution in [0.25, 0.3) is 0 Å². The SMILES string of the molecule is Cc1cccc(C)c1NC(=O)c1cccc(CN(C)[C@H](C)c2ccco2)c1. The number of rotatable bonds is 6. The Labute approximate surface area is 160 Å². The molecule has 0 aliphatic rings. The molecule has 1 heterocycles. The summed E-state index contributed by atoms with van der Waals surface area (Å²) in [6.07, 6.45) is 1.69. The number of carbonyl (C=O) groups is 1. The summed E-state index contributed by atoms with van der Waals surface area (Å²) in [6, 6.07) is 17.8. The zero-order valence-corrected chi connectivity index (χ0v) is 16.3. The Morgan fingerprint density at radius 3 is 2.44 bits per heavy atom. The average Bonchev–Trinajstić information content (AvgIpc) is 3.19. The number of furan rings is 1. The molecule has 27 heavy (non-hydrogen) atoms. The summed E-state index contributed by atoms with van der Waals surface area (Å²) in [5.41, 5.74) is 4.76. The van der Waals surface area contributed by atoms with Crippen LogP contribution >= 0.6 is 0 Å². The van der Waals surface area contributed by atoms with Gasteiger partial charge in [-0.05, 0) is 68.8 Å². The van der Waals surface area contributed by atoms with Gasteiger partial charge in [-0.2, -0.15) is 0 Å².